The van der Waals surface area contributed by atoms with Gasteiger partial charge in [0.25, 0.3) is 5.56 Å². The van der Waals surface area contributed by atoms with Gasteiger partial charge in [-0.15, -0.1) is 0 Å². The number of aromatic nitrogens is 2. The molecule has 34 heavy (non-hydrogen) atoms. The summed E-state index contributed by atoms with van der Waals surface area (Å²) >= 11 is 0. The molecule has 1 atom stereocenters. The zero-order valence-corrected chi connectivity index (χ0v) is 18.4. The first-order chi connectivity index (χ1) is 16.4. The van der Waals surface area contributed by atoms with Crippen LogP contribution in [0, 0.1) is 18.7 Å². The number of pyridine rings is 2. The Kier molecular flexibility index (Phi) is 5.49. The highest BCUT2D eigenvalue weighted by atomic mass is 19.1. The number of ether oxygens (including phenoxy) is 1. The second-order valence-corrected chi connectivity index (χ2v) is 8.37. The van der Waals surface area contributed by atoms with Crippen molar-refractivity contribution in [1.29, 1.82) is 0 Å². The molecular weight excluding hydrogens is 437 g/mol. The van der Waals surface area contributed by atoms with Gasteiger partial charge in [-0.1, -0.05) is 24.3 Å². The average molecular weight is 459 g/mol. The van der Waals surface area contributed by atoms with Crippen molar-refractivity contribution in [3.05, 3.63) is 94.4 Å². The summed E-state index contributed by atoms with van der Waals surface area (Å²) in [4.78, 5) is 30.4. The van der Waals surface area contributed by atoms with E-state index >= 15 is 0 Å². The van der Waals surface area contributed by atoms with Gasteiger partial charge < -0.3 is 15.2 Å². The number of aromatic hydroxyl groups is 1. The molecule has 1 aliphatic carbocycles. The average Bonchev–Trinajstić information content (AvgIpc) is 3.66. The van der Waals surface area contributed by atoms with Crippen LogP contribution in [0.2, 0.25) is 0 Å². The predicted molar refractivity (Wildman–Crippen MR) is 125 cm³/mol. The van der Waals surface area contributed by atoms with E-state index in [0.29, 0.717) is 22.3 Å². The molecule has 4 aromatic rings. The number of phenols is 1. The minimum absolute atomic E-state index is 0.0311. The van der Waals surface area contributed by atoms with Crippen molar-refractivity contribution in [3.8, 4) is 17.2 Å². The van der Waals surface area contributed by atoms with Crippen molar-refractivity contribution in [2.75, 3.05) is 0 Å². The SMILES string of the molecule is Cc1c(OC(=O)N[C@H](c2cccc(F)c2)C2CC2)c2cccc(O)c2c(=O)n1-c1cccnc1. The molecule has 0 bridgehead atoms. The van der Waals surface area contributed by atoms with Crippen LogP contribution in [-0.4, -0.2) is 20.8 Å². The van der Waals surface area contributed by atoms with Crippen LogP contribution in [-0.2, 0) is 0 Å². The van der Waals surface area contributed by atoms with Gasteiger partial charge in [0.15, 0.2) is 5.75 Å². The lowest BCUT2D eigenvalue weighted by molar-refractivity contribution is 0.194. The Labute approximate surface area is 194 Å². The highest BCUT2D eigenvalue weighted by Crippen LogP contribution is 2.41. The minimum atomic E-state index is -0.731. The topological polar surface area (TPSA) is 93.5 Å². The van der Waals surface area contributed by atoms with Crippen molar-refractivity contribution in [1.82, 2.24) is 14.9 Å². The van der Waals surface area contributed by atoms with Gasteiger partial charge in [0, 0.05) is 11.6 Å². The molecule has 5 rings (SSSR count). The maximum Gasteiger partial charge on any atom is 0.413 e. The van der Waals surface area contributed by atoms with Gasteiger partial charge in [-0.2, -0.15) is 0 Å². The van der Waals surface area contributed by atoms with Gasteiger partial charge >= 0.3 is 6.09 Å². The Morgan fingerprint density at radius 2 is 2.00 bits per heavy atom. The summed E-state index contributed by atoms with van der Waals surface area (Å²) in [6.45, 7) is 1.66. The molecule has 0 radical (unpaired) electrons. The van der Waals surface area contributed by atoms with Gasteiger partial charge in [0.05, 0.1) is 29.0 Å². The summed E-state index contributed by atoms with van der Waals surface area (Å²) in [7, 11) is 0. The summed E-state index contributed by atoms with van der Waals surface area (Å²) in [6, 6.07) is 13.7. The Hall–Kier alpha value is -4.20. The predicted octanol–water partition coefficient (Wildman–Crippen LogP) is 4.78. The Balaban J connectivity index is 1.56. The molecule has 7 nitrogen and oxygen atoms in total. The number of amides is 1. The zero-order valence-electron chi connectivity index (χ0n) is 18.4. The van der Waals surface area contributed by atoms with Crippen LogP contribution in [0.4, 0.5) is 9.18 Å². The number of benzene rings is 2. The molecule has 1 amide bonds. The summed E-state index contributed by atoms with van der Waals surface area (Å²) in [5, 5.41) is 13.7. The van der Waals surface area contributed by atoms with Crippen molar-refractivity contribution in [2.45, 2.75) is 25.8 Å². The number of carbonyl (C=O) groups is 1. The van der Waals surface area contributed by atoms with Crippen molar-refractivity contribution >= 4 is 16.9 Å². The lowest BCUT2D eigenvalue weighted by Crippen LogP contribution is -2.33. The Bertz CT molecular complexity index is 1450. The maximum absolute atomic E-state index is 13.8. The summed E-state index contributed by atoms with van der Waals surface area (Å²) in [5.74, 6) is -0.263. The van der Waals surface area contributed by atoms with Crippen LogP contribution in [0.15, 0.2) is 71.8 Å². The van der Waals surface area contributed by atoms with Crippen molar-refractivity contribution in [2.24, 2.45) is 5.92 Å². The standard InChI is InChI=1S/C26H22FN3O4/c1-15-24(34-26(33)29-23(16-10-11-16)17-5-2-6-18(27)13-17)20-8-3-9-21(31)22(20)25(32)30(15)19-7-4-12-28-14-19/h2-9,12-14,16,23,31H,10-11H2,1H3,(H,29,33)/t23-/m0/s1. The van der Waals surface area contributed by atoms with Crippen molar-refractivity contribution in [3.63, 3.8) is 0 Å². The fourth-order valence-corrected chi connectivity index (χ4v) is 4.29. The fraction of sp³-hybridized carbons (Fsp3) is 0.192. The van der Waals surface area contributed by atoms with Gasteiger partial charge in [0.2, 0.25) is 0 Å². The molecule has 2 N–H and O–H groups in total. The molecule has 0 aliphatic heterocycles. The molecule has 2 heterocycles. The van der Waals surface area contributed by atoms with E-state index in [9.17, 15) is 19.1 Å². The van der Waals surface area contributed by atoms with Crippen LogP contribution < -0.4 is 15.6 Å². The fourth-order valence-electron chi connectivity index (χ4n) is 4.29. The molecule has 172 valence electrons. The van der Waals surface area contributed by atoms with Gasteiger partial charge in [-0.3, -0.25) is 14.3 Å². The number of carbonyl (C=O) groups excluding carboxylic acids is 1. The lowest BCUT2D eigenvalue weighted by atomic mass is 10.0. The molecular formula is C26H22FN3O4. The normalized spacial score (nSPS) is 14.1. The number of phenolic OH excluding ortho intramolecular Hbond substituents is 1. The number of hydrogen-bond acceptors (Lipinski definition) is 5. The number of hydrogen-bond donors (Lipinski definition) is 2. The first-order valence-corrected chi connectivity index (χ1v) is 11.0. The van der Waals surface area contributed by atoms with E-state index in [4.69, 9.17) is 4.74 Å². The smallest absolute Gasteiger partial charge is 0.413 e. The third-order valence-electron chi connectivity index (χ3n) is 6.04. The molecule has 2 aromatic carbocycles. The van der Waals surface area contributed by atoms with E-state index in [1.54, 1.807) is 49.5 Å². The number of nitrogens with zero attached hydrogens (tertiary/aromatic N) is 2. The minimum Gasteiger partial charge on any atom is -0.507 e. The van der Waals surface area contributed by atoms with Crippen molar-refractivity contribution < 1.29 is 19.0 Å². The molecule has 0 saturated heterocycles. The third-order valence-corrected chi connectivity index (χ3v) is 6.04. The summed E-state index contributed by atoms with van der Waals surface area (Å²) < 4.78 is 20.9. The molecule has 1 fully saturated rings. The molecule has 8 heteroatoms. The second-order valence-electron chi connectivity index (χ2n) is 8.37. The third kappa shape index (κ3) is 3.98. The van der Waals surface area contributed by atoms with E-state index in [0.717, 1.165) is 12.8 Å². The van der Waals surface area contributed by atoms with Crippen LogP contribution in [0.5, 0.6) is 11.5 Å². The van der Waals surface area contributed by atoms with Crippen LogP contribution >= 0.6 is 0 Å². The Morgan fingerprint density at radius 3 is 2.71 bits per heavy atom. The molecule has 2 aromatic heterocycles. The second kappa shape index (κ2) is 8.62. The van der Waals surface area contributed by atoms with Gasteiger partial charge in [-0.25, -0.2) is 9.18 Å². The molecule has 1 aliphatic rings. The van der Waals surface area contributed by atoms with Gasteiger partial charge in [0.1, 0.15) is 11.6 Å². The molecule has 1 saturated carbocycles. The number of nitrogens with one attached hydrogen (secondary N) is 1. The summed E-state index contributed by atoms with van der Waals surface area (Å²) in [5.41, 5.74) is 1.05. The zero-order chi connectivity index (χ0) is 23.8. The first kappa shape index (κ1) is 21.6. The highest BCUT2D eigenvalue weighted by Gasteiger charge is 2.34. The maximum atomic E-state index is 13.8. The van der Waals surface area contributed by atoms with Crippen LogP contribution in [0.25, 0.3) is 16.5 Å². The molecule has 0 spiro atoms. The van der Waals surface area contributed by atoms with Crippen LogP contribution in [0.3, 0.4) is 0 Å². The largest absolute Gasteiger partial charge is 0.507 e. The lowest BCUT2D eigenvalue weighted by Gasteiger charge is -2.21. The highest BCUT2D eigenvalue weighted by molar-refractivity contribution is 5.94. The van der Waals surface area contributed by atoms with E-state index in [2.05, 4.69) is 10.3 Å². The Morgan fingerprint density at radius 1 is 1.21 bits per heavy atom. The van der Waals surface area contributed by atoms with E-state index in [-0.39, 0.29) is 28.6 Å². The quantitative estimate of drug-likeness (QED) is 0.448. The van der Waals surface area contributed by atoms with E-state index in [1.807, 2.05) is 0 Å². The number of rotatable bonds is 5. The number of halogens is 1. The van der Waals surface area contributed by atoms with Crippen LogP contribution in [0.1, 0.15) is 30.1 Å². The van der Waals surface area contributed by atoms with E-state index in [1.165, 1.54) is 29.0 Å². The first-order valence-electron chi connectivity index (χ1n) is 11.0. The van der Waals surface area contributed by atoms with Gasteiger partial charge in [-0.05, 0) is 61.6 Å². The molecule has 0 unspecified atom stereocenters. The monoisotopic (exact) mass is 459 g/mol. The summed E-state index contributed by atoms with van der Waals surface area (Å²) in [6.07, 6.45) is 4.20. The number of fused-ring (bicyclic) bond motifs is 1. The van der Waals surface area contributed by atoms with E-state index < -0.39 is 17.7 Å².